The number of amides is 1. The molecule has 2 bridgehead atoms. The van der Waals surface area contributed by atoms with Gasteiger partial charge in [0.2, 0.25) is 0 Å². The van der Waals surface area contributed by atoms with Crippen LogP contribution < -0.4 is 5.32 Å². The Morgan fingerprint density at radius 1 is 1.14 bits per heavy atom. The lowest BCUT2D eigenvalue weighted by Crippen LogP contribution is -2.42. The molecule has 1 aromatic carbocycles. The number of carbonyl (C=O) groups excluding carboxylic acids is 1. The molecule has 2 aliphatic rings. The quantitative estimate of drug-likeness (QED) is 0.880. The second kappa shape index (κ2) is 5.13. The molecule has 0 saturated carbocycles. The summed E-state index contributed by atoms with van der Waals surface area (Å²) in [5, 5.41) is 4.45. The molecule has 4 nitrogen and oxygen atoms in total. The van der Waals surface area contributed by atoms with Crippen molar-refractivity contribution in [3.8, 4) is 0 Å². The van der Waals surface area contributed by atoms with Crippen molar-refractivity contribution in [1.82, 2.24) is 10.2 Å². The van der Waals surface area contributed by atoms with Crippen LogP contribution >= 0.6 is 0 Å². The summed E-state index contributed by atoms with van der Waals surface area (Å²) in [5.74, 6) is 0.543. The van der Waals surface area contributed by atoms with E-state index >= 15 is 0 Å². The number of rotatable bonds is 1. The molecule has 2 aliphatic heterocycles. The number of furan rings is 1. The highest BCUT2D eigenvalue weighted by molar-refractivity contribution is 5.97. The molecular formula is C18H22N2O2. The molecule has 22 heavy (non-hydrogen) atoms. The summed E-state index contributed by atoms with van der Waals surface area (Å²) < 4.78 is 5.87. The van der Waals surface area contributed by atoms with E-state index in [4.69, 9.17) is 4.42 Å². The fourth-order valence-electron chi connectivity index (χ4n) is 3.85. The Kier molecular flexibility index (Phi) is 3.22. The van der Waals surface area contributed by atoms with Crippen molar-refractivity contribution in [2.75, 3.05) is 13.1 Å². The number of hydrogen-bond acceptors (Lipinski definition) is 3. The number of fused-ring (bicyclic) bond motifs is 3. The van der Waals surface area contributed by atoms with Gasteiger partial charge in [0.15, 0.2) is 5.76 Å². The zero-order valence-corrected chi connectivity index (χ0v) is 13.2. The van der Waals surface area contributed by atoms with E-state index in [0.29, 0.717) is 17.8 Å². The van der Waals surface area contributed by atoms with Gasteiger partial charge in [-0.05, 0) is 69.0 Å². The molecule has 0 radical (unpaired) electrons. The number of aryl methyl sites for hydroxylation is 2. The lowest BCUT2D eigenvalue weighted by atomic mass is 10.1. The third-order valence-electron chi connectivity index (χ3n) is 5.23. The average molecular weight is 298 g/mol. The minimum Gasteiger partial charge on any atom is -0.451 e. The number of nitrogens with zero attached hydrogens (tertiary/aromatic N) is 1. The Labute approximate surface area is 130 Å². The maximum Gasteiger partial charge on any atom is 0.290 e. The summed E-state index contributed by atoms with van der Waals surface area (Å²) in [5.41, 5.74) is 3.23. The Morgan fingerprint density at radius 2 is 1.91 bits per heavy atom. The van der Waals surface area contributed by atoms with Gasteiger partial charge in [0, 0.05) is 24.0 Å². The monoisotopic (exact) mass is 298 g/mol. The van der Waals surface area contributed by atoms with Crippen molar-refractivity contribution in [2.45, 2.75) is 45.2 Å². The molecule has 1 N–H and O–H groups in total. The van der Waals surface area contributed by atoms with Gasteiger partial charge in [0.05, 0.1) is 0 Å². The molecule has 3 heterocycles. The van der Waals surface area contributed by atoms with Crippen molar-refractivity contribution in [3.05, 3.63) is 35.1 Å². The van der Waals surface area contributed by atoms with Crippen LogP contribution in [0.15, 0.2) is 22.6 Å². The van der Waals surface area contributed by atoms with Gasteiger partial charge in [-0.15, -0.1) is 0 Å². The minimum atomic E-state index is 0.0581. The van der Waals surface area contributed by atoms with Crippen LogP contribution in [0, 0.1) is 13.8 Å². The lowest BCUT2D eigenvalue weighted by molar-refractivity contribution is 0.0650. The fraction of sp³-hybridized carbons (Fsp3) is 0.500. The van der Waals surface area contributed by atoms with Crippen molar-refractivity contribution >= 4 is 16.9 Å². The van der Waals surface area contributed by atoms with Gasteiger partial charge >= 0.3 is 0 Å². The number of hydrogen-bond donors (Lipinski definition) is 1. The second-order valence-electron chi connectivity index (χ2n) is 6.68. The van der Waals surface area contributed by atoms with Crippen molar-refractivity contribution in [3.63, 3.8) is 0 Å². The second-order valence-corrected chi connectivity index (χ2v) is 6.68. The molecule has 116 valence electrons. The van der Waals surface area contributed by atoms with Gasteiger partial charge in [-0.1, -0.05) is 0 Å². The largest absolute Gasteiger partial charge is 0.451 e. The van der Waals surface area contributed by atoms with Crippen LogP contribution in [0.5, 0.6) is 0 Å². The van der Waals surface area contributed by atoms with Gasteiger partial charge < -0.3 is 14.6 Å². The third-order valence-corrected chi connectivity index (χ3v) is 5.23. The normalized spacial score (nSPS) is 24.7. The topological polar surface area (TPSA) is 45.5 Å². The van der Waals surface area contributed by atoms with Crippen molar-refractivity contribution in [2.24, 2.45) is 0 Å². The predicted molar refractivity (Wildman–Crippen MR) is 86.2 cm³/mol. The Balaban J connectivity index is 1.70. The van der Waals surface area contributed by atoms with Crippen LogP contribution in [0.4, 0.5) is 0 Å². The van der Waals surface area contributed by atoms with Crippen LogP contribution in [0.3, 0.4) is 0 Å². The standard InChI is InChI=1S/C18H22N2O2/c1-11-7-13-9-17(22-16(13)8-12(11)2)18(21)20-14-3-4-15(20)10-19-6-5-14/h7-9,14-15,19H,3-6,10H2,1-2H3. The Hall–Kier alpha value is -1.81. The fourth-order valence-corrected chi connectivity index (χ4v) is 3.85. The van der Waals surface area contributed by atoms with Crippen molar-refractivity contribution in [1.29, 1.82) is 0 Å². The molecular weight excluding hydrogens is 276 g/mol. The SMILES string of the molecule is Cc1cc2cc(C(=O)N3C4CCNCC3CC4)oc2cc1C. The van der Waals surface area contributed by atoms with Crippen LogP contribution in [0.25, 0.3) is 11.0 Å². The van der Waals surface area contributed by atoms with E-state index in [1.807, 2.05) is 12.1 Å². The molecule has 0 spiro atoms. The van der Waals surface area contributed by atoms with E-state index < -0.39 is 0 Å². The first-order chi connectivity index (χ1) is 10.6. The highest BCUT2D eigenvalue weighted by Crippen LogP contribution is 2.31. The molecule has 1 amide bonds. The van der Waals surface area contributed by atoms with E-state index in [0.717, 1.165) is 43.3 Å². The Bertz CT molecular complexity index is 681. The summed E-state index contributed by atoms with van der Waals surface area (Å²) in [6.07, 6.45) is 3.26. The highest BCUT2D eigenvalue weighted by atomic mass is 16.3. The summed E-state index contributed by atoms with van der Waals surface area (Å²) in [6.45, 7) is 6.06. The smallest absolute Gasteiger partial charge is 0.290 e. The van der Waals surface area contributed by atoms with Crippen molar-refractivity contribution < 1.29 is 9.21 Å². The van der Waals surface area contributed by atoms with Gasteiger partial charge in [0.1, 0.15) is 5.58 Å². The van der Waals surface area contributed by atoms with E-state index in [-0.39, 0.29) is 5.91 Å². The molecule has 1 aromatic heterocycles. The third kappa shape index (κ3) is 2.13. The summed E-state index contributed by atoms with van der Waals surface area (Å²) in [4.78, 5) is 15.0. The summed E-state index contributed by atoms with van der Waals surface area (Å²) >= 11 is 0. The minimum absolute atomic E-state index is 0.0581. The zero-order chi connectivity index (χ0) is 15.3. The van der Waals surface area contributed by atoms with E-state index in [1.54, 1.807) is 0 Å². The van der Waals surface area contributed by atoms with Crippen LogP contribution in [-0.4, -0.2) is 36.0 Å². The van der Waals surface area contributed by atoms with Gasteiger partial charge in [-0.25, -0.2) is 0 Å². The highest BCUT2D eigenvalue weighted by Gasteiger charge is 2.39. The maximum absolute atomic E-state index is 13.0. The number of nitrogens with one attached hydrogen (secondary N) is 1. The molecule has 2 atom stereocenters. The first kappa shape index (κ1) is 13.8. The van der Waals surface area contributed by atoms with Gasteiger partial charge in [0.25, 0.3) is 5.91 Å². The predicted octanol–water partition coefficient (Wildman–Crippen LogP) is 3.02. The number of carbonyl (C=O) groups is 1. The van der Waals surface area contributed by atoms with Crippen LogP contribution in [0.1, 0.15) is 40.9 Å². The van der Waals surface area contributed by atoms with E-state index in [1.165, 1.54) is 11.1 Å². The molecule has 2 fully saturated rings. The zero-order valence-electron chi connectivity index (χ0n) is 13.2. The molecule has 2 unspecified atom stereocenters. The number of benzene rings is 1. The van der Waals surface area contributed by atoms with Gasteiger partial charge in [-0.2, -0.15) is 0 Å². The average Bonchev–Trinajstić information content (AvgIpc) is 2.98. The van der Waals surface area contributed by atoms with E-state index in [2.05, 4.69) is 30.1 Å². The van der Waals surface area contributed by atoms with Crippen LogP contribution in [0.2, 0.25) is 0 Å². The molecule has 4 heteroatoms. The Morgan fingerprint density at radius 3 is 2.77 bits per heavy atom. The maximum atomic E-state index is 13.0. The molecule has 2 saturated heterocycles. The molecule has 4 rings (SSSR count). The summed E-state index contributed by atoms with van der Waals surface area (Å²) in [6, 6.07) is 6.71. The summed E-state index contributed by atoms with van der Waals surface area (Å²) in [7, 11) is 0. The van der Waals surface area contributed by atoms with Crippen LogP contribution in [-0.2, 0) is 0 Å². The molecule has 2 aromatic rings. The molecule has 0 aliphatic carbocycles. The lowest BCUT2D eigenvalue weighted by Gasteiger charge is -2.26. The first-order valence-electron chi connectivity index (χ1n) is 8.17. The van der Waals surface area contributed by atoms with E-state index in [9.17, 15) is 4.79 Å². The van der Waals surface area contributed by atoms with Gasteiger partial charge in [-0.3, -0.25) is 4.79 Å². The first-order valence-corrected chi connectivity index (χ1v) is 8.17.